The van der Waals surface area contributed by atoms with Crippen LogP contribution in [0.2, 0.25) is 0 Å². The molecule has 0 aliphatic rings. The maximum Gasteiger partial charge on any atom is 0.251 e. The average Bonchev–Trinajstić information content (AvgIpc) is 2.53. The summed E-state index contributed by atoms with van der Waals surface area (Å²) in [4.78, 5) is 12.1. The lowest BCUT2D eigenvalue weighted by atomic mass is 9.81. The number of carbonyl (C=O) groups excluding carboxylic acids is 1. The van der Waals surface area contributed by atoms with E-state index in [-0.39, 0.29) is 11.3 Å². The number of nitrogens with one attached hydrogen (secondary N) is 1. The molecule has 0 unspecified atom stereocenters. The van der Waals surface area contributed by atoms with E-state index in [4.69, 9.17) is 0 Å². The van der Waals surface area contributed by atoms with Crippen molar-refractivity contribution in [3.63, 3.8) is 0 Å². The molecular formula is C19H21NO. The van der Waals surface area contributed by atoms with Crippen LogP contribution in [0.3, 0.4) is 0 Å². The van der Waals surface area contributed by atoms with Crippen LogP contribution in [0.4, 0.5) is 0 Å². The van der Waals surface area contributed by atoms with Crippen LogP contribution in [0.15, 0.2) is 67.2 Å². The second kappa shape index (κ2) is 6.40. The number of amides is 1. The number of hydrogen-bond acceptors (Lipinski definition) is 1. The lowest BCUT2D eigenvalue weighted by Gasteiger charge is -2.28. The van der Waals surface area contributed by atoms with Crippen molar-refractivity contribution in [1.29, 1.82) is 0 Å². The van der Waals surface area contributed by atoms with Gasteiger partial charge in [-0.2, -0.15) is 0 Å². The summed E-state index contributed by atoms with van der Waals surface area (Å²) >= 11 is 0. The normalized spacial score (nSPS) is 11.0. The molecule has 108 valence electrons. The van der Waals surface area contributed by atoms with Crippen LogP contribution in [0, 0.1) is 5.41 Å². The Kier molecular flexibility index (Phi) is 4.59. The van der Waals surface area contributed by atoms with Gasteiger partial charge in [-0.3, -0.25) is 4.79 Å². The van der Waals surface area contributed by atoms with Gasteiger partial charge in [0.2, 0.25) is 0 Å². The zero-order valence-electron chi connectivity index (χ0n) is 12.6. The SMILES string of the molecule is C=C(c1ccccc1)C(C)(C)CNC(=O)c1ccccc1. The molecular weight excluding hydrogens is 258 g/mol. The minimum absolute atomic E-state index is 0.0514. The van der Waals surface area contributed by atoms with E-state index in [0.717, 1.165) is 11.1 Å². The summed E-state index contributed by atoms with van der Waals surface area (Å²) < 4.78 is 0. The topological polar surface area (TPSA) is 29.1 Å². The van der Waals surface area contributed by atoms with Crippen LogP contribution in [-0.2, 0) is 0 Å². The Balaban J connectivity index is 2.01. The summed E-state index contributed by atoms with van der Waals surface area (Å²) in [6, 6.07) is 19.3. The third-order valence-corrected chi connectivity index (χ3v) is 3.67. The fourth-order valence-corrected chi connectivity index (χ4v) is 2.13. The first kappa shape index (κ1) is 15.0. The van der Waals surface area contributed by atoms with Crippen molar-refractivity contribution in [2.24, 2.45) is 5.41 Å². The molecule has 1 amide bonds. The van der Waals surface area contributed by atoms with Gasteiger partial charge in [-0.15, -0.1) is 0 Å². The predicted molar refractivity (Wildman–Crippen MR) is 88.0 cm³/mol. The van der Waals surface area contributed by atoms with Crippen molar-refractivity contribution >= 4 is 11.5 Å². The van der Waals surface area contributed by atoms with E-state index in [9.17, 15) is 4.79 Å². The molecule has 0 spiro atoms. The molecule has 1 N–H and O–H groups in total. The van der Waals surface area contributed by atoms with Crippen LogP contribution < -0.4 is 5.32 Å². The van der Waals surface area contributed by atoms with Gasteiger partial charge in [0, 0.05) is 17.5 Å². The number of benzene rings is 2. The highest BCUT2D eigenvalue weighted by atomic mass is 16.1. The summed E-state index contributed by atoms with van der Waals surface area (Å²) in [6.07, 6.45) is 0. The smallest absolute Gasteiger partial charge is 0.251 e. The van der Waals surface area contributed by atoms with Crippen molar-refractivity contribution in [3.05, 3.63) is 78.4 Å². The Labute approximate surface area is 126 Å². The quantitative estimate of drug-likeness (QED) is 0.875. The molecule has 0 heterocycles. The maximum atomic E-state index is 12.1. The molecule has 0 aliphatic heterocycles. The summed E-state index contributed by atoms with van der Waals surface area (Å²) in [5.41, 5.74) is 2.61. The van der Waals surface area contributed by atoms with Gasteiger partial charge in [0.05, 0.1) is 0 Å². The van der Waals surface area contributed by atoms with Crippen LogP contribution >= 0.6 is 0 Å². The van der Waals surface area contributed by atoms with E-state index >= 15 is 0 Å². The van der Waals surface area contributed by atoms with Crippen LogP contribution in [0.5, 0.6) is 0 Å². The van der Waals surface area contributed by atoms with Crippen molar-refractivity contribution < 1.29 is 4.79 Å². The summed E-state index contributed by atoms with van der Waals surface area (Å²) in [6.45, 7) is 8.93. The Bertz CT molecular complexity index is 615. The van der Waals surface area contributed by atoms with Gasteiger partial charge in [-0.25, -0.2) is 0 Å². The van der Waals surface area contributed by atoms with Crippen LogP contribution in [0.1, 0.15) is 29.8 Å². The fraction of sp³-hybridized carbons (Fsp3) is 0.211. The number of hydrogen-bond donors (Lipinski definition) is 1. The van der Waals surface area contributed by atoms with E-state index in [1.54, 1.807) is 0 Å². The highest BCUT2D eigenvalue weighted by molar-refractivity contribution is 5.94. The molecule has 0 saturated carbocycles. The van der Waals surface area contributed by atoms with E-state index in [2.05, 4.69) is 25.7 Å². The number of rotatable bonds is 5. The summed E-state index contributed by atoms with van der Waals surface area (Å²) in [5.74, 6) is -0.0514. The zero-order valence-corrected chi connectivity index (χ0v) is 12.6. The Morgan fingerprint density at radius 3 is 1.95 bits per heavy atom. The van der Waals surface area contributed by atoms with Gasteiger partial charge >= 0.3 is 0 Å². The Morgan fingerprint density at radius 2 is 1.43 bits per heavy atom. The highest BCUT2D eigenvalue weighted by Crippen LogP contribution is 2.32. The molecule has 2 aromatic rings. The lowest BCUT2D eigenvalue weighted by Crippen LogP contribution is -2.34. The molecule has 0 saturated heterocycles. The minimum atomic E-state index is -0.203. The number of carbonyl (C=O) groups is 1. The van der Waals surface area contributed by atoms with Gasteiger partial charge in [0.15, 0.2) is 0 Å². The fourth-order valence-electron chi connectivity index (χ4n) is 2.13. The van der Waals surface area contributed by atoms with E-state index in [0.29, 0.717) is 12.1 Å². The van der Waals surface area contributed by atoms with Crippen molar-refractivity contribution in [1.82, 2.24) is 5.32 Å². The summed E-state index contributed by atoms with van der Waals surface area (Å²) in [5, 5.41) is 2.99. The second-order valence-corrected chi connectivity index (χ2v) is 5.78. The molecule has 0 radical (unpaired) electrons. The van der Waals surface area contributed by atoms with E-state index < -0.39 is 0 Å². The standard InChI is InChI=1S/C19H21NO/c1-15(16-10-6-4-7-11-16)19(2,3)14-20-18(21)17-12-8-5-9-13-17/h4-13H,1,14H2,2-3H3,(H,20,21). The molecule has 0 aromatic heterocycles. The average molecular weight is 279 g/mol. The van der Waals surface area contributed by atoms with Gasteiger partial charge in [0.1, 0.15) is 0 Å². The van der Waals surface area contributed by atoms with Crippen molar-refractivity contribution in [2.75, 3.05) is 6.54 Å². The molecule has 2 aromatic carbocycles. The summed E-state index contributed by atoms with van der Waals surface area (Å²) in [7, 11) is 0. The lowest BCUT2D eigenvalue weighted by molar-refractivity contribution is 0.0944. The first-order valence-electron chi connectivity index (χ1n) is 7.09. The molecule has 21 heavy (non-hydrogen) atoms. The largest absolute Gasteiger partial charge is 0.351 e. The van der Waals surface area contributed by atoms with E-state index in [1.165, 1.54) is 0 Å². The van der Waals surface area contributed by atoms with Gasteiger partial charge in [-0.05, 0) is 23.3 Å². The van der Waals surface area contributed by atoms with Crippen LogP contribution in [-0.4, -0.2) is 12.5 Å². The zero-order chi connectivity index (χ0) is 15.3. The first-order valence-corrected chi connectivity index (χ1v) is 7.09. The molecule has 2 nitrogen and oxygen atoms in total. The first-order chi connectivity index (χ1) is 10.0. The Hall–Kier alpha value is -2.35. The third-order valence-electron chi connectivity index (χ3n) is 3.67. The van der Waals surface area contributed by atoms with Crippen molar-refractivity contribution in [2.45, 2.75) is 13.8 Å². The molecule has 0 fully saturated rings. The van der Waals surface area contributed by atoms with Gasteiger partial charge in [0.25, 0.3) is 5.91 Å². The highest BCUT2D eigenvalue weighted by Gasteiger charge is 2.23. The maximum absolute atomic E-state index is 12.1. The monoisotopic (exact) mass is 279 g/mol. The molecule has 0 aliphatic carbocycles. The Morgan fingerprint density at radius 1 is 0.952 bits per heavy atom. The molecule has 2 rings (SSSR count). The second-order valence-electron chi connectivity index (χ2n) is 5.78. The predicted octanol–water partition coefficient (Wildman–Crippen LogP) is 4.16. The van der Waals surface area contributed by atoms with Crippen molar-refractivity contribution in [3.8, 4) is 0 Å². The van der Waals surface area contributed by atoms with E-state index in [1.807, 2.05) is 60.7 Å². The third kappa shape index (κ3) is 3.82. The van der Waals surface area contributed by atoms with Gasteiger partial charge < -0.3 is 5.32 Å². The van der Waals surface area contributed by atoms with Crippen LogP contribution in [0.25, 0.3) is 5.57 Å². The molecule has 0 atom stereocenters. The molecule has 2 heteroatoms. The minimum Gasteiger partial charge on any atom is -0.351 e. The molecule has 0 bridgehead atoms. The van der Waals surface area contributed by atoms with Gasteiger partial charge in [-0.1, -0.05) is 69.0 Å².